The zero-order chi connectivity index (χ0) is 12.5. The van der Waals surface area contributed by atoms with Crippen LogP contribution in [-0.4, -0.2) is 15.6 Å². The molecule has 3 heteroatoms. The maximum Gasteiger partial charge on any atom is 0.203 e. The fourth-order valence-electron chi connectivity index (χ4n) is 2.87. The van der Waals surface area contributed by atoms with Gasteiger partial charge in [0.1, 0.15) is 0 Å². The number of nitrogens with one attached hydrogen (secondary N) is 1. The van der Waals surface area contributed by atoms with Crippen molar-refractivity contribution in [1.29, 1.82) is 0 Å². The van der Waals surface area contributed by atoms with Gasteiger partial charge in [-0.05, 0) is 38.5 Å². The number of hydrogen-bond donors (Lipinski definition) is 1. The van der Waals surface area contributed by atoms with Crippen LogP contribution < -0.4 is 5.32 Å². The highest BCUT2D eigenvalue weighted by Gasteiger charge is 2.29. The largest absolute Gasteiger partial charge is 0.353 e. The van der Waals surface area contributed by atoms with Crippen molar-refractivity contribution >= 4 is 5.95 Å². The molecule has 1 unspecified atom stereocenters. The number of aromatic nitrogens is 2. The van der Waals surface area contributed by atoms with Crippen LogP contribution in [0, 0.1) is 5.41 Å². The average Bonchev–Trinajstić information content (AvgIpc) is 2.63. The Morgan fingerprint density at radius 1 is 1.47 bits per heavy atom. The zero-order valence-electron chi connectivity index (χ0n) is 11.5. The fourth-order valence-corrected chi connectivity index (χ4v) is 2.87. The molecule has 17 heavy (non-hydrogen) atoms. The van der Waals surface area contributed by atoms with Crippen molar-refractivity contribution in [2.24, 2.45) is 5.41 Å². The summed E-state index contributed by atoms with van der Waals surface area (Å²) in [5.41, 5.74) is 0.474. The first kappa shape index (κ1) is 12.5. The number of imidazole rings is 1. The summed E-state index contributed by atoms with van der Waals surface area (Å²) in [7, 11) is 0. The highest BCUT2D eigenvalue weighted by Crippen LogP contribution is 2.41. The summed E-state index contributed by atoms with van der Waals surface area (Å²) in [5, 5.41) is 3.43. The molecule has 3 nitrogen and oxygen atoms in total. The van der Waals surface area contributed by atoms with Gasteiger partial charge in [-0.3, -0.25) is 0 Å². The SMILES string of the molecule is CC(C)Nc1nccn1C1CCCC(C)(C)C1. The van der Waals surface area contributed by atoms with Crippen molar-refractivity contribution in [3.63, 3.8) is 0 Å². The Bertz CT molecular complexity index is 365. The van der Waals surface area contributed by atoms with Gasteiger partial charge in [0.2, 0.25) is 5.95 Å². The van der Waals surface area contributed by atoms with Crippen LogP contribution in [0.2, 0.25) is 0 Å². The molecule has 2 rings (SSSR count). The lowest BCUT2D eigenvalue weighted by Gasteiger charge is -2.36. The third kappa shape index (κ3) is 3.02. The van der Waals surface area contributed by atoms with Gasteiger partial charge in [-0.15, -0.1) is 0 Å². The molecule has 1 fully saturated rings. The van der Waals surface area contributed by atoms with Crippen molar-refractivity contribution in [3.05, 3.63) is 12.4 Å². The van der Waals surface area contributed by atoms with E-state index in [2.05, 4.69) is 48.8 Å². The molecular weight excluding hydrogens is 210 g/mol. The molecule has 1 aliphatic carbocycles. The van der Waals surface area contributed by atoms with Crippen LogP contribution in [0.5, 0.6) is 0 Å². The van der Waals surface area contributed by atoms with Crippen molar-refractivity contribution in [2.45, 2.75) is 65.5 Å². The number of anilines is 1. The van der Waals surface area contributed by atoms with Crippen LogP contribution in [-0.2, 0) is 0 Å². The molecule has 0 spiro atoms. The van der Waals surface area contributed by atoms with Gasteiger partial charge in [0.15, 0.2) is 0 Å². The third-order valence-corrected chi connectivity index (χ3v) is 3.66. The summed E-state index contributed by atoms with van der Waals surface area (Å²) >= 11 is 0. The molecular formula is C14H25N3. The van der Waals surface area contributed by atoms with E-state index in [1.165, 1.54) is 25.7 Å². The smallest absolute Gasteiger partial charge is 0.203 e. The number of hydrogen-bond acceptors (Lipinski definition) is 2. The zero-order valence-corrected chi connectivity index (χ0v) is 11.5. The predicted octanol–water partition coefficient (Wildman–Crippen LogP) is 3.84. The normalized spacial score (nSPS) is 23.9. The molecule has 1 aromatic heterocycles. The molecule has 1 heterocycles. The van der Waals surface area contributed by atoms with E-state index in [9.17, 15) is 0 Å². The van der Waals surface area contributed by atoms with Crippen molar-refractivity contribution in [3.8, 4) is 0 Å². The standard InChI is InChI=1S/C14H25N3/c1-11(2)16-13-15-8-9-17(13)12-6-5-7-14(3,4)10-12/h8-9,11-12H,5-7,10H2,1-4H3,(H,15,16). The fraction of sp³-hybridized carbons (Fsp3) is 0.786. The second-order valence-corrected chi connectivity index (χ2v) is 6.37. The average molecular weight is 235 g/mol. The minimum absolute atomic E-state index is 0.438. The molecule has 0 bridgehead atoms. The quantitative estimate of drug-likeness (QED) is 0.862. The molecule has 1 aromatic rings. The van der Waals surface area contributed by atoms with Crippen molar-refractivity contribution in [2.75, 3.05) is 5.32 Å². The lowest BCUT2D eigenvalue weighted by Crippen LogP contribution is -2.26. The van der Waals surface area contributed by atoms with E-state index in [1.54, 1.807) is 0 Å². The Kier molecular flexibility index (Phi) is 3.45. The summed E-state index contributed by atoms with van der Waals surface area (Å²) in [6, 6.07) is 1.05. The first-order valence-electron chi connectivity index (χ1n) is 6.77. The van der Waals surface area contributed by atoms with E-state index in [0.29, 0.717) is 17.5 Å². The van der Waals surface area contributed by atoms with E-state index in [1.807, 2.05) is 6.20 Å². The lowest BCUT2D eigenvalue weighted by molar-refractivity contribution is 0.184. The van der Waals surface area contributed by atoms with Crippen LogP contribution in [0.4, 0.5) is 5.95 Å². The van der Waals surface area contributed by atoms with Crippen LogP contribution in [0.1, 0.15) is 59.4 Å². The van der Waals surface area contributed by atoms with Gasteiger partial charge in [-0.25, -0.2) is 4.98 Å². The monoisotopic (exact) mass is 235 g/mol. The van der Waals surface area contributed by atoms with Gasteiger partial charge in [-0.1, -0.05) is 20.3 Å². The van der Waals surface area contributed by atoms with Gasteiger partial charge < -0.3 is 9.88 Å². The molecule has 1 atom stereocenters. The maximum absolute atomic E-state index is 4.43. The Hall–Kier alpha value is -0.990. The summed E-state index contributed by atoms with van der Waals surface area (Å²) < 4.78 is 2.33. The summed E-state index contributed by atoms with van der Waals surface area (Å²) in [6.45, 7) is 9.07. The Morgan fingerprint density at radius 3 is 2.88 bits per heavy atom. The number of nitrogens with zero attached hydrogens (tertiary/aromatic N) is 2. The van der Waals surface area contributed by atoms with Gasteiger partial charge in [-0.2, -0.15) is 0 Å². The first-order valence-corrected chi connectivity index (χ1v) is 6.77. The molecule has 0 aromatic carbocycles. The summed E-state index contributed by atoms with van der Waals surface area (Å²) in [4.78, 5) is 4.43. The predicted molar refractivity (Wildman–Crippen MR) is 72.3 cm³/mol. The summed E-state index contributed by atoms with van der Waals surface area (Å²) in [5.74, 6) is 1.03. The molecule has 0 radical (unpaired) electrons. The Labute approximate surface area is 105 Å². The molecule has 1 aliphatic rings. The van der Waals surface area contributed by atoms with E-state index >= 15 is 0 Å². The van der Waals surface area contributed by atoms with E-state index in [0.717, 1.165) is 5.95 Å². The van der Waals surface area contributed by atoms with Crippen LogP contribution in [0.3, 0.4) is 0 Å². The van der Waals surface area contributed by atoms with Gasteiger partial charge in [0.25, 0.3) is 0 Å². The van der Waals surface area contributed by atoms with E-state index < -0.39 is 0 Å². The lowest BCUT2D eigenvalue weighted by atomic mass is 9.75. The molecule has 0 amide bonds. The minimum Gasteiger partial charge on any atom is -0.353 e. The molecule has 0 saturated heterocycles. The van der Waals surface area contributed by atoms with E-state index in [4.69, 9.17) is 0 Å². The summed E-state index contributed by atoms with van der Waals surface area (Å²) in [6.07, 6.45) is 9.26. The minimum atomic E-state index is 0.438. The van der Waals surface area contributed by atoms with Crippen molar-refractivity contribution in [1.82, 2.24) is 9.55 Å². The van der Waals surface area contributed by atoms with Gasteiger partial charge in [0.05, 0.1) is 0 Å². The molecule has 0 aliphatic heterocycles. The van der Waals surface area contributed by atoms with Crippen molar-refractivity contribution < 1.29 is 0 Å². The maximum atomic E-state index is 4.43. The Balaban J connectivity index is 2.13. The van der Waals surface area contributed by atoms with Gasteiger partial charge >= 0.3 is 0 Å². The van der Waals surface area contributed by atoms with Crippen LogP contribution in [0.15, 0.2) is 12.4 Å². The van der Waals surface area contributed by atoms with Crippen LogP contribution in [0.25, 0.3) is 0 Å². The van der Waals surface area contributed by atoms with Crippen LogP contribution >= 0.6 is 0 Å². The second-order valence-electron chi connectivity index (χ2n) is 6.37. The van der Waals surface area contributed by atoms with E-state index in [-0.39, 0.29) is 0 Å². The highest BCUT2D eigenvalue weighted by molar-refractivity contribution is 5.28. The first-order chi connectivity index (χ1) is 7.98. The van der Waals surface area contributed by atoms with Gasteiger partial charge in [0, 0.05) is 24.5 Å². The number of rotatable bonds is 3. The highest BCUT2D eigenvalue weighted by atomic mass is 15.2. The molecule has 1 N–H and O–H groups in total. The molecule has 96 valence electrons. The third-order valence-electron chi connectivity index (χ3n) is 3.66. The Morgan fingerprint density at radius 2 is 2.24 bits per heavy atom. The molecule has 1 saturated carbocycles. The second kappa shape index (κ2) is 4.71. The topological polar surface area (TPSA) is 29.9 Å².